The maximum atomic E-state index is 5.44. The average molecular weight is 744 g/mol. The number of nitrogens with zero attached hydrogens (tertiary/aromatic N) is 3. The van der Waals surface area contributed by atoms with Crippen molar-refractivity contribution >= 4 is 48.8 Å². The van der Waals surface area contributed by atoms with Crippen LogP contribution in [0.25, 0.3) is 64.9 Å². The van der Waals surface area contributed by atoms with Gasteiger partial charge in [0, 0.05) is 31.3 Å². The molecule has 3 nitrogen and oxygen atoms in total. The molecule has 0 bridgehead atoms. The van der Waals surface area contributed by atoms with Gasteiger partial charge in [0.25, 0.3) is 0 Å². The standard InChI is InChI=1S/C53H33N3S/c1-3-15-34(16-4-1)46-33-47(35-17-5-2-6-18-35)55-52(54-46)56-48-25-13-12-24-44(48)53(42-22-10-7-19-38(42)39-20-8-11-23-43(39)53)45-30-28-36(31-49(45)56)37-27-29-41-40-21-9-14-26-50(40)57-51(41)32-37/h1-33H. The second-order valence-electron chi connectivity index (χ2n) is 14.9. The molecule has 266 valence electrons. The summed E-state index contributed by atoms with van der Waals surface area (Å²) in [6.07, 6.45) is 0. The van der Waals surface area contributed by atoms with Gasteiger partial charge in [-0.1, -0.05) is 170 Å². The molecule has 12 rings (SSSR count). The smallest absolute Gasteiger partial charge is 0.235 e. The third-order valence-electron chi connectivity index (χ3n) is 11.9. The fourth-order valence-corrected chi connectivity index (χ4v) is 10.6. The molecule has 1 spiro atoms. The highest BCUT2D eigenvalue weighted by molar-refractivity contribution is 7.25. The molecule has 57 heavy (non-hydrogen) atoms. The number of thiophene rings is 1. The maximum Gasteiger partial charge on any atom is 0.235 e. The van der Waals surface area contributed by atoms with Crippen LogP contribution in [0.5, 0.6) is 0 Å². The van der Waals surface area contributed by atoms with E-state index in [1.54, 1.807) is 0 Å². The van der Waals surface area contributed by atoms with Crippen molar-refractivity contribution in [2.45, 2.75) is 5.41 Å². The van der Waals surface area contributed by atoms with Crippen molar-refractivity contribution in [3.05, 3.63) is 222 Å². The minimum Gasteiger partial charge on any atom is -0.278 e. The summed E-state index contributed by atoms with van der Waals surface area (Å²) >= 11 is 1.86. The van der Waals surface area contributed by atoms with Crippen LogP contribution in [0.2, 0.25) is 0 Å². The zero-order valence-corrected chi connectivity index (χ0v) is 31.6. The summed E-state index contributed by atoms with van der Waals surface area (Å²) < 4.78 is 2.60. The van der Waals surface area contributed by atoms with Gasteiger partial charge >= 0.3 is 0 Å². The van der Waals surface area contributed by atoms with Crippen LogP contribution in [0, 0.1) is 0 Å². The van der Waals surface area contributed by atoms with Crippen LogP contribution < -0.4 is 4.90 Å². The van der Waals surface area contributed by atoms with E-state index >= 15 is 0 Å². The Hall–Kier alpha value is -7.14. The summed E-state index contributed by atoms with van der Waals surface area (Å²) in [6.45, 7) is 0. The zero-order chi connectivity index (χ0) is 37.5. The maximum absolute atomic E-state index is 5.44. The van der Waals surface area contributed by atoms with E-state index in [-0.39, 0.29) is 0 Å². The number of fused-ring (bicyclic) bond motifs is 12. The van der Waals surface area contributed by atoms with E-state index in [0.717, 1.165) is 39.5 Å². The highest BCUT2D eigenvalue weighted by atomic mass is 32.1. The van der Waals surface area contributed by atoms with Crippen molar-refractivity contribution < 1.29 is 0 Å². The molecule has 0 N–H and O–H groups in total. The molecule has 3 heterocycles. The topological polar surface area (TPSA) is 29.0 Å². The number of anilines is 3. The van der Waals surface area contributed by atoms with E-state index in [9.17, 15) is 0 Å². The Morgan fingerprint density at radius 2 is 0.895 bits per heavy atom. The van der Waals surface area contributed by atoms with Gasteiger partial charge in [0.05, 0.1) is 28.2 Å². The Morgan fingerprint density at radius 1 is 0.368 bits per heavy atom. The van der Waals surface area contributed by atoms with Crippen LogP contribution >= 0.6 is 11.3 Å². The summed E-state index contributed by atoms with van der Waals surface area (Å²) in [6, 6.07) is 72.6. The van der Waals surface area contributed by atoms with Gasteiger partial charge in [-0.3, -0.25) is 4.90 Å². The minimum atomic E-state index is -0.553. The van der Waals surface area contributed by atoms with Crippen molar-refractivity contribution in [1.29, 1.82) is 0 Å². The zero-order valence-electron chi connectivity index (χ0n) is 30.8. The SMILES string of the molecule is c1ccc(-c2cc(-c3ccccc3)nc(N3c4ccccc4C4(c5ccccc5-c5ccccc54)c4ccc(-c5ccc6c(c5)sc5ccccc56)cc43)n2)cc1. The predicted octanol–water partition coefficient (Wildman–Crippen LogP) is 14.0. The van der Waals surface area contributed by atoms with Gasteiger partial charge in [-0.2, -0.15) is 0 Å². The molecule has 8 aromatic carbocycles. The van der Waals surface area contributed by atoms with Crippen molar-refractivity contribution in [2.24, 2.45) is 0 Å². The molecule has 0 fully saturated rings. The predicted molar refractivity (Wildman–Crippen MR) is 237 cm³/mol. The summed E-state index contributed by atoms with van der Waals surface area (Å²) in [4.78, 5) is 13.2. The molecule has 0 radical (unpaired) electrons. The number of para-hydroxylation sites is 1. The van der Waals surface area contributed by atoms with E-state index in [0.29, 0.717) is 5.95 Å². The quantitative estimate of drug-likeness (QED) is 0.180. The van der Waals surface area contributed by atoms with Crippen molar-refractivity contribution in [3.63, 3.8) is 0 Å². The highest BCUT2D eigenvalue weighted by Gasteiger charge is 2.52. The van der Waals surface area contributed by atoms with Gasteiger partial charge in [-0.25, -0.2) is 9.97 Å². The number of benzene rings is 8. The van der Waals surface area contributed by atoms with Crippen LogP contribution in [0.3, 0.4) is 0 Å². The van der Waals surface area contributed by atoms with Gasteiger partial charge in [0.15, 0.2) is 0 Å². The van der Waals surface area contributed by atoms with Gasteiger partial charge in [-0.05, 0) is 74.8 Å². The Morgan fingerprint density at radius 3 is 1.60 bits per heavy atom. The fourth-order valence-electron chi connectivity index (χ4n) is 9.46. The molecule has 1 aliphatic carbocycles. The van der Waals surface area contributed by atoms with Crippen LogP contribution in [0.15, 0.2) is 200 Å². The first kappa shape index (κ1) is 32.1. The van der Waals surface area contributed by atoms with Crippen LogP contribution in [0.1, 0.15) is 22.3 Å². The summed E-state index contributed by atoms with van der Waals surface area (Å²) in [5.74, 6) is 0.635. The lowest BCUT2D eigenvalue weighted by molar-refractivity contribution is 0.750. The first-order valence-corrected chi connectivity index (χ1v) is 20.2. The molecular weight excluding hydrogens is 711 g/mol. The van der Waals surface area contributed by atoms with E-state index in [1.807, 2.05) is 11.3 Å². The van der Waals surface area contributed by atoms with Crippen molar-refractivity contribution in [1.82, 2.24) is 9.97 Å². The van der Waals surface area contributed by atoms with Gasteiger partial charge in [0.1, 0.15) is 0 Å². The summed E-state index contributed by atoms with van der Waals surface area (Å²) in [5.41, 5.74) is 15.3. The number of hydrogen-bond donors (Lipinski definition) is 0. The monoisotopic (exact) mass is 743 g/mol. The Bertz CT molecular complexity index is 3100. The molecule has 0 amide bonds. The van der Waals surface area contributed by atoms with Gasteiger partial charge in [0.2, 0.25) is 5.95 Å². The molecule has 0 saturated carbocycles. The van der Waals surface area contributed by atoms with Crippen LogP contribution in [-0.4, -0.2) is 9.97 Å². The minimum absolute atomic E-state index is 0.553. The van der Waals surface area contributed by atoms with Crippen LogP contribution in [0.4, 0.5) is 17.3 Å². The Labute approximate surface area is 334 Å². The number of aromatic nitrogens is 2. The first-order chi connectivity index (χ1) is 28.3. The summed E-state index contributed by atoms with van der Waals surface area (Å²) in [5, 5.41) is 2.60. The molecule has 0 saturated heterocycles. The largest absolute Gasteiger partial charge is 0.278 e. The molecule has 0 unspecified atom stereocenters. The van der Waals surface area contributed by atoms with Gasteiger partial charge in [-0.15, -0.1) is 11.3 Å². The van der Waals surface area contributed by atoms with E-state index in [2.05, 4.69) is 205 Å². The number of rotatable bonds is 4. The first-order valence-electron chi connectivity index (χ1n) is 19.4. The van der Waals surface area contributed by atoms with E-state index < -0.39 is 5.41 Å². The molecule has 2 aliphatic rings. The second kappa shape index (κ2) is 12.4. The third kappa shape index (κ3) is 4.71. The van der Waals surface area contributed by atoms with Crippen molar-refractivity contribution in [2.75, 3.05) is 4.90 Å². The molecule has 1 aliphatic heterocycles. The third-order valence-corrected chi connectivity index (χ3v) is 13.0. The highest BCUT2D eigenvalue weighted by Crippen LogP contribution is 2.63. The van der Waals surface area contributed by atoms with Crippen molar-refractivity contribution in [3.8, 4) is 44.8 Å². The normalized spacial score (nSPS) is 13.4. The lowest BCUT2D eigenvalue weighted by Crippen LogP contribution is -2.36. The van der Waals surface area contributed by atoms with E-state index in [4.69, 9.17) is 9.97 Å². The Balaban J connectivity index is 1.17. The molecule has 4 heteroatoms. The average Bonchev–Trinajstić information content (AvgIpc) is 3.80. The molecular formula is C53H33N3S. The van der Waals surface area contributed by atoms with Crippen LogP contribution in [-0.2, 0) is 5.41 Å². The fraction of sp³-hybridized carbons (Fsp3) is 0.0189. The van der Waals surface area contributed by atoms with Gasteiger partial charge < -0.3 is 0 Å². The number of hydrogen-bond acceptors (Lipinski definition) is 4. The molecule has 2 aromatic heterocycles. The Kier molecular flexibility index (Phi) is 7.01. The lowest BCUT2D eigenvalue weighted by Gasteiger charge is -2.44. The summed E-state index contributed by atoms with van der Waals surface area (Å²) in [7, 11) is 0. The molecule has 0 atom stereocenters. The lowest BCUT2D eigenvalue weighted by atomic mass is 9.64. The molecule has 10 aromatic rings. The second-order valence-corrected chi connectivity index (χ2v) is 16.0. The van der Waals surface area contributed by atoms with E-state index in [1.165, 1.54) is 59.1 Å².